The molecule has 0 aliphatic heterocycles. The van der Waals surface area contributed by atoms with E-state index in [0.717, 1.165) is 0 Å². The van der Waals surface area contributed by atoms with E-state index in [1.54, 1.807) is 0 Å². The summed E-state index contributed by atoms with van der Waals surface area (Å²) in [4.78, 5) is 83.1. The zero-order valence-electron chi connectivity index (χ0n) is 19.9. The van der Waals surface area contributed by atoms with Crippen LogP contribution in [0.5, 0.6) is 0 Å². The number of aliphatic carboxylic acids is 1. The van der Waals surface area contributed by atoms with Gasteiger partial charge in [-0.25, -0.2) is 4.79 Å². The minimum atomic E-state index is -1.69. The number of hydrogen-bond acceptors (Lipinski definition) is 11. The number of hydrogen-bond donors (Lipinski definition) is 11. The van der Waals surface area contributed by atoms with Crippen LogP contribution in [0.1, 0.15) is 19.8 Å². The summed E-state index contributed by atoms with van der Waals surface area (Å²) in [7, 11) is 0. The number of primary amides is 1. The summed E-state index contributed by atoms with van der Waals surface area (Å²) in [6, 6.07) is -7.62. The molecule has 13 N–H and O–H groups in total. The Labute approximate surface area is 210 Å². The maximum Gasteiger partial charge on any atom is 0.328 e. The van der Waals surface area contributed by atoms with Gasteiger partial charge in [0.05, 0.1) is 26.4 Å². The van der Waals surface area contributed by atoms with Crippen LogP contribution in [0.15, 0.2) is 0 Å². The van der Waals surface area contributed by atoms with Crippen molar-refractivity contribution in [2.24, 2.45) is 11.5 Å². The number of carbonyl (C=O) groups is 7. The fourth-order valence-electron chi connectivity index (χ4n) is 2.60. The maximum atomic E-state index is 12.7. The molecule has 0 heterocycles. The largest absolute Gasteiger partial charge is 0.480 e. The number of carboxylic acid groups (broad SMARTS) is 1. The lowest BCUT2D eigenvalue weighted by Gasteiger charge is -2.24. The lowest BCUT2D eigenvalue weighted by Crippen LogP contribution is -2.59. The average Bonchev–Trinajstić information content (AvgIpc) is 2.85. The number of nitrogens with two attached hydrogens (primary N) is 2. The van der Waals surface area contributed by atoms with Gasteiger partial charge in [0.15, 0.2) is 0 Å². The first-order valence-electron chi connectivity index (χ1n) is 10.9. The van der Waals surface area contributed by atoms with E-state index in [0.29, 0.717) is 0 Å². The topological polar surface area (TPSA) is 313 Å². The van der Waals surface area contributed by atoms with Crippen molar-refractivity contribution in [1.82, 2.24) is 26.6 Å². The Morgan fingerprint density at radius 1 is 0.676 bits per heavy atom. The van der Waals surface area contributed by atoms with Crippen molar-refractivity contribution < 1.29 is 54.0 Å². The Kier molecular flexibility index (Phi) is 15.0. The summed E-state index contributed by atoms with van der Waals surface area (Å²) >= 11 is 0. The first-order chi connectivity index (χ1) is 17.3. The van der Waals surface area contributed by atoms with Crippen molar-refractivity contribution in [3.8, 4) is 0 Å². The third-order valence-corrected chi connectivity index (χ3v) is 4.70. The van der Waals surface area contributed by atoms with E-state index in [1.807, 2.05) is 5.32 Å². The van der Waals surface area contributed by atoms with E-state index in [2.05, 4.69) is 21.3 Å². The quantitative estimate of drug-likeness (QED) is 0.0827. The van der Waals surface area contributed by atoms with Crippen LogP contribution in [-0.2, 0) is 33.6 Å². The van der Waals surface area contributed by atoms with Crippen molar-refractivity contribution in [3.05, 3.63) is 0 Å². The number of aliphatic hydroxyl groups is 3. The molecule has 0 radical (unpaired) electrons. The fraction of sp³-hybridized carbons (Fsp3) is 0.632. The molecule has 0 aliphatic carbocycles. The molecule has 18 heteroatoms. The first kappa shape index (κ1) is 33.1. The van der Waals surface area contributed by atoms with Crippen molar-refractivity contribution in [2.45, 2.75) is 50.0 Å². The number of aliphatic hydroxyl groups excluding tert-OH is 3. The molecule has 0 saturated carbocycles. The SMILES string of the molecule is C[C@H](NC(=O)[C@H](CCC(N)=O)NC(=O)[C@H](CO)NC(=O)CN)C(=O)N[C@@H](CO)C(=O)N[C@@H](CO)C(=O)O. The molecule has 0 bridgehead atoms. The standard InChI is InChI=1S/C19H33N7O11/c1-8(15(32)25-11(6-28)18(35)26-12(7-29)19(36)37)22-16(33)9(2-3-13(21)30)24-17(34)10(5-27)23-14(31)4-20/h8-12,27-29H,2-7,20H2,1H3,(H2,21,30)(H,22,33)(H,23,31)(H,24,34)(H,25,32)(H,26,35)(H,36,37)/t8-,9-,10-,11-,12-/m0/s1. The molecule has 6 amide bonds. The van der Waals surface area contributed by atoms with E-state index in [-0.39, 0.29) is 12.8 Å². The summed E-state index contributed by atoms with van der Waals surface area (Å²) in [6.45, 7) is -2.05. The number of carbonyl (C=O) groups excluding carboxylic acids is 6. The van der Waals surface area contributed by atoms with Gasteiger partial charge >= 0.3 is 5.97 Å². The zero-order chi connectivity index (χ0) is 28.7. The molecule has 0 aromatic carbocycles. The maximum absolute atomic E-state index is 12.7. The van der Waals surface area contributed by atoms with Crippen molar-refractivity contribution >= 4 is 41.4 Å². The van der Waals surface area contributed by atoms with Gasteiger partial charge in [-0.1, -0.05) is 0 Å². The van der Waals surface area contributed by atoms with E-state index < -0.39 is 98.0 Å². The molecule has 210 valence electrons. The fourth-order valence-corrected chi connectivity index (χ4v) is 2.60. The number of carboxylic acids is 1. The molecule has 37 heavy (non-hydrogen) atoms. The Hall–Kier alpha value is -3.87. The summed E-state index contributed by atoms with van der Waals surface area (Å²) in [5, 5.41) is 47.1. The Balaban J connectivity index is 5.33. The second-order valence-electron chi connectivity index (χ2n) is 7.63. The normalized spacial score (nSPS) is 14.6. The van der Waals surface area contributed by atoms with Crippen molar-refractivity contribution in [2.75, 3.05) is 26.4 Å². The van der Waals surface area contributed by atoms with E-state index in [1.165, 1.54) is 6.92 Å². The lowest BCUT2D eigenvalue weighted by molar-refractivity contribution is -0.143. The van der Waals surface area contributed by atoms with Crippen LogP contribution >= 0.6 is 0 Å². The van der Waals surface area contributed by atoms with Crippen molar-refractivity contribution in [1.29, 1.82) is 0 Å². The van der Waals surface area contributed by atoms with Crippen LogP contribution in [0.3, 0.4) is 0 Å². The van der Waals surface area contributed by atoms with Crippen molar-refractivity contribution in [3.63, 3.8) is 0 Å². The monoisotopic (exact) mass is 535 g/mol. The predicted octanol–water partition coefficient (Wildman–Crippen LogP) is -7.28. The van der Waals surface area contributed by atoms with Crippen LogP contribution in [-0.4, -0.2) is 118 Å². The van der Waals surface area contributed by atoms with Crippen LogP contribution in [0.4, 0.5) is 0 Å². The molecule has 0 saturated heterocycles. The smallest absolute Gasteiger partial charge is 0.328 e. The summed E-state index contributed by atoms with van der Waals surface area (Å²) in [5.74, 6) is -7.25. The van der Waals surface area contributed by atoms with Crippen LogP contribution in [0.2, 0.25) is 0 Å². The highest BCUT2D eigenvalue weighted by Crippen LogP contribution is 2.01. The van der Waals surface area contributed by atoms with E-state index in [4.69, 9.17) is 21.7 Å². The molecule has 5 atom stereocenters. The highest BCUT2D eigenvalue weighted by Gasteiger charge is 2.30. The highest BCUT2D eigenvalue weighted by atomic mass is 16.4. The van der Waals surface area contributed by atoms with Gasteiger partial charge in [0.25, 0.3) is 0 Å². The second kappa shape index (κ2) is 16.7. The second-order valence-corrected chi connectivity index (χ2v) is 7.63. The predicted molar refractivity (Wildman–Crippen MR) is 122 cm³/mol. The number of rotatable bonds is 17. The molecule has 18 nitrogen and oxygen atoms in total. The molecule has 0 rings (SSSR count). The Morgan fingerprint density at radius 3 is 1.54 bits per heavy atom. The molecule has 0 unspecified atom stereocenters. The van der Waals surface area contributed by atoms with E-state index >= 15 is 0 Å². The highest BCUT2D eigenvalue weighted by molar-refractivity contribution is 5.96. The number of amides is 6. The minimum Gasteiger partial charge on any atom is -0.480 e. The molecular formula is C19H33N7O11. The van der Waals surface area contributed by atoms with Crippen LogP contribution in [0, 0.1) is 0 Å². The molecule has 0 spiro atoms. The zero-order valence-corrected chi connectivity index (χ0v) is 19.9. The Bertz CT molecular complexity index is 854. The minimum absolute atomic E-state index is 0.316. The van der Waals surface area contributed by atoms with Gasteiger partial charge in [-0.15, -0.1) is 0 Å². The Morgan fingerprint density at radius 2 is 1.11 bits per heavy atom. The van der Waals surface area contributed by atoms with Gasteiger partial charge in [0.1, 0.15) is 30.2 Å². The van der Waals surface area contributed by atoms with Crippen LogP contribution < -0.4 is 38.1 Å². The van der Waals surface area contributed by atoms with Gasteiger partial charge in [-0.05, 0) is 13.3 Å². The van der Waals surface area contributed by atoms with Crippen LogP contribution in [0.25, 0.3) is 0 Å². The molecule has 0 fully saturated rings. The van der Waals surface area contributed by atoms with Gasteiger partial charge < -0.3 is 58.5 Å². The molecule has 0 aromatic rings. The average molecular weight is 536 g/mol. The third-order valence-electron chi connectivity index (χ3n) is 4.70. The molecule has 0 aliphatic rings. The summed E-state index contributed by atoms with van der Waals surface area (Å²) in [5.41, 5.74) is 10.2. The van der Waals surface area contributed by atoms with Gasteiger partial charge in [0, 0.05) is 6.42 Å². The molecular weight excluding hydrogens is 502 g/mol. The van der Waals surface area contributed by atoms with Gasteiger partial charge in [-0.3, -0.25) is 28.8 Å². The third kappa shape index (κ3) is 12.1. The number of nitrogens with one attached hydrogen (secondary N) is 5. The van der Waals surface area contributed by atoms with E-state index in [9.17, 15) is 43.8 Å². The lowest BCUT2D eigenvalue weighted by atomic mass is 10.1. The molecule has 0 aromatic heterocycles. The van der Waals surface area contributed by atoms with Gasteiger partial charge in [-0.2, -0.15) is 0 Å². The van der Waals surface area contributed by atoms with Gasteiger partial charge in [0.2, 0.25) is 35.4 Å². The summed E-state index contributed by atoms with van der Waals surface area (Å²) in [6.07, 6.45) is -0.677. The first-order valence-corrected chi connectivity index (χ1v) is 10.9. The summed E-state index contributed by atoms with van der Waals surface area (Å²) < 4.78 is 0.